The van der Waals surface area contributed by atoms with Crippen LogP contribution in [-0.4, -0.2) is 4.98 Å². The number of fused-ring (bicyclic) bond motifs is 1. The summed E-state index contributed by atoms with van der Waals surface area (Å²) in [7, 11) is 0. The van der Waals surface area contributed by atoms with E-state index in [1.54, 1.807) is 12.1 Å². The van der Waals surface area contributed by atoms with Crippen LogP contribution in [-0.2, 0) is 20.1 Å². The van der Waals surface area contributed by atoms with Crippen LogP contribution in [0.3, 0.4) is 0 Å². The van der Waals surface area contributed by atoms with Crippen molar-refractivity contribution in [3.8, 4) is 23.4 Å². The van der Waals surface area contributed by atoms with Gasteiger partial charge in [0.1, 0.15) is 0 Å². The van der Waals surface area contributed by atoms with Crippen molar-refractivity contribution in [2.75, 3.05) is 0 Å². The third-order valence-electron chi connectivity index (χ3n) is 2.62. The van der Waals surface area contributed by atoms with E-state index in [4.69, 9.17) is 10.5 Å². The van der Waals surface area contributed by atoms with E-state index in [2.05, 4.69) is 29.2 Å². The van der Waals surface area contributed by atoms with Gasteiger partial charge in [0.2, 0.25) is 0 Å². The van der Waals surface area contributed by atoms with Crippen LogP contribution in [0.5, 0.6) is 0 Å². The van der Waals surface area contributed by atoms with E-state index in [0.717, 1.165) is 11.3 Å². The summed E-state index contributed by atoms with van der Waals surface area (Å²) in [5, 5.41) is 17.0. The Balaban J connectivity index is 0.000000610. The van der Waals surface area contributed by atoms with Gasteiger partial charge in [0.05, 0.1) is 12.1 Å². The predicted molar refractivity (Wildman–Crippen MR) is 88.6 cm³/mol. The van der Waals surface area contributed by atoms with Crippen LogP contribution in [0.1, 0.15) is 13.8 Å². The van der Waals surface area contributed by atoms with E-state index >= 15 is 0 Å². The molecule has 1 radical (unpaired) electrons. The first-order valence-corrected chi connectivity index (χ1v) is 6.70. The van der Waals surface area contributed by atoms with Crippen LogP contribution in [0.15, 0.2) is 60.8 Å². The average Bonchev–Trinajstić information content (AvgIpc) is 2.57. The zero-order chi connectivity index (χ0) is 16.2. The molecule has 0 aliphatic heterocycles. The summed E-state index contributed by atoms with van der Waals surface area (Å²) >= 11 is 0. The molecular weight excluding hydrogens is 462 g/mol. The molecule has 2 aromatic carbocycles. The number of aromatic nitrogens is 1. The maximum atomic E-state index is 7.32. The minimum Gasteiger partial charge on any atom is -0.304 e. The second-order valence-electron chi connectivity index (χ2n) is 4.14. The van der Waals surface area contributed by atoms with E-state index in [9.17, 15) is 0 Å². The van der Waals surface area contributed by atoms with E-state index in [0.29, 0.717) is 0 Å². The van der Waals surface area contributed by atoms with Crippen LogP contribution in [0.25, 0.3) is 22.0 Å². The summed E-state index contributed by atoms with van der Waals surface area (Å²) in [6.45, 7) is 2.86. The number of benzene rings is 2. The Kier molecular flexibility index (Phi) is 10.7. The van der Waals surface area contributed by atoms with Gasteiger partial charge in [0.15, 0.2) is 0 Å². The molecule has 0 aliphatic rings. The summed E-state index contributed by atoms with van der Waals surface area (Å²) in [4.78, 5) is 4.45. The molecule has 0 fully saturated rings. The van der Waals surface area contributed by atoms with Gasteiger partial charge in [-0.25, -0.2) is 0 Å². The fraction of sp³-hybridized carbons (Fsp3) is 0.105. The molecule has 0 bridgehead atoms. The molecule has 0 atom stereocenters. The van der Waals surface area contributed by atoms with Crippen molar-refractivity contribution >= 4 is 10.8 Å². The van der Waals surface area contributed by atoms with Crippen LogP contribution >= 0.6 is 0 Å². The van der Waals surface area contributed by atoms with Crippen molar-refractivity contribution in [2.24, 2.45) is 0 Å². The Morgan fingerprint density at radius 2 is 1.48 bits per heavy atom. The molecule has 3 nitrogen and oxygen atoms in total. The number of rotatable bonds is 1. The summed E-state index contributed by atoms with van der Waals surface area (Å²) in [6, 6.07) is 24.9. The van der Waals surface area contributed by atoms with Crippen molar-refractivity contribution in [1.82, 2.24) is 4.98 Å². The second-order valence-corrected chi connectivity index (χ2v) is 4.14. The Bertz CT molecular complexity index is 775. The number of nitrogens with zero attached hydrogens (tertiary/aromatic N) is 3. The molecule has 0 aliphatic carbocycles. The van der Waals surface area contributed by atoms with Crippen molar-refractivity contribution in [3.05, 3.63) is 66.9 Å². The first-order valence-electron chi connectivity index (χ1n) is 6.70. The first kappa shape index (κ1) is 20.5. The Labute approximate surface area is 150 Å². The van der Waals surface area contributed by atoms with Gasteiger partial charge < -0.3 is 4.98 Å². The van der Waals surface area contributed by atoms with E-state index in [-0.39, 0.29) is 20.1 Å². The molecule has 0 unspecified atom stereocenters. The standard InChI is InChI=1S/C15H10N.2C2H3N.Ir/c1-2-6-12(7-3-1)15-10-13-8-4-5-9-14(13)11-16-15;2*1-2-3;/h1-6,8-11H;2*1H3;/q-1;;;. The molecule has 0 N–H and O–H groups in total. The number of nitriles is 2. The summed E-state index contributed by atoms with van der Waals surface area (Å²) in [5.74, 6) is 0. The van der Waals surface area contributed by atoms with Crippen molar-refractivity contribution < 1.29 is 20.1 Å². The third-order valence-corrected chi connectivity index (χ3v) is 2.62. The van der Waals surface area contributed by atoms with Crippen LogP contribution in [0.2, 0.25) is 0 Å². The molecular formula is C19H16IrN3-. The molecule has 4 heteroatoms. The van der Waals surface area contributed by atoms with Gasteiger partial charge in [-0.05, 0) is 16.5 Å². The molecule has 0 spiro atoms. The summed E-state index contributed by atoms with van der Waals surface area (Å²) < 4.78 is 0. The molecule has 3 rings (SSSR count). The minimum atomic E-state index is 0. The Hall–Kier alpha value is -2.52. The SMILES string of the molecule is CC#N.CC#N.[Ir].[c-]1ccccc1-c1cc2ccccc2cn1. The second kappa shape index (κ2) is 12.1. The molecule has 0 saturated heterocycles. The topological polar surface area (TPSA) is 60.5 Å². The van der Waals surface area contributed by atoms with Gasteiger partial charge in [-0.15, -0.1) is 35.9 Å². The zero-order valence-corrected chi connectivity index (χ0v) is 15.3. The van der Waals surface area contributed by atoms with Gasteiger partial charge in [0.25, 0.3) is 0 Å². The quantitative estimate of drug-likeness (QED) is 0.474. The third kappa shape index (κ3) is 6.85. The monoisotopic (exact) mass is 479 g/mol. The van der Waals surface area contributed by atoms with Crippen molar-refractivity contribution in [3.63, 3.8) is 0 Å². The number of pyridine rings is 1. The van der Waals surface area contributed by atoms with E-state index in [1.165, 1.54) is 24.6 Å². The van der Waals surface area contributed by atoms with Gasteiger partial charge in [-0.1, -0.05) is 30.3 Å². The van der Waals surface area contributed by atoms with Crippen molar-refractivity contribution in [2.45, 2.75) is 13.8 Å². The largest absolute Gasteiger partial charge is 0.304 e. The van der Waals surface area contributed by atoms with Crippen LogP contribution < -0.4 is 0 Å². The normalized spacial score (nSPS) is 8.00. The molecule has 23 heavy (non-hydrogen) atoms. The van der Waals surface area contributed by atoms with E-state index in [1.807, 2.05) is 42.6 Å². The molecule has 117 valence electrons. The first-order chi connectivity index (χ1) is 10.8. The molecule has 1 heterocycles. The summed E-state index contributed by atoms with van der Waals surface area (Å²) in [6.07, 6.45) is 1.91. The van der Waals surface area contributed by atoms with Crippen LogP contribution in [0.4, 0.5) is 0 Å². The molecule has 1 aromatic heterocycles. The smallest absolute Gasteiger partial charge is 0.0587 e. The van der Waals surface area contributed by atoms with Crippen molar-refractivity contribution in [1.29, 1.82) is 10.5 Å². The Morgan fingerprint density at radius 1 is 0.913 bits per heavy atom. The van der Waals surface area contributed by atoms with E-state index < -0.39 is 0 Å². The summed E-state index contributed by atoms with van der Waals surface area (Å²) in [5.41, 5.74) is 2.01. The Morgan fingerprint density at radius 3 is 2.04 bits per heavy atom. The zero-order valence-electron chi connectivity index (χ0n) is 12.9. The van der Waals surface area contributed by atoms with Gasteiger partial charge in [-0.2, -0.15) is 10.5 Å². The fourth-order valence-corrected chi connectivity index (χ4v) is 1.78. The number of hydrogen-bond donors (Lipinski definition) is 0. The molecule has 0 saturated carbocycles. The maximum absolute atomic E-state index is 7.32. The van der Waals surface area contributed by atoms with Gasteiger partial charge in [-0.3, -0.25) is 0 Å². The number of hydrogen-bond acceptors (Lipinski definition) is 3. The molecule has 3 aromatic rings. The van der Waals surface area contributed by atoms with Gasteiger partial charge >= 0.3 is 0 Å². The van der Waals surface area contributed by atoms with Crippen LogP contribution in [0, 0.1) is 28.7 Å². The molecule has 0 amide bonds. The average molecular weight is 479 g/mol. The maximum Gasteiger partial charge on any atom is 0.0587 e. The predicted octanol–water partition coefficient (Wildman–Crippen LogP) is 4.76. The minimum absolute atomic E-state index is 0. The fourth-order valence-electron chi connectivity index (χ4n) is 1.78. The van der Waals surface area contributed by atoms with Gasteiger partial charge in [0, 0.05) is 40.1 Å².